The lowest BCUT2D eigenvalue weighted by Gasteiger charge is -2.48. The highest BCUT2D eigenvalue weighted by atomic mass is 19.4. The van der Waals surface area contributed by atoms with Gasteiger partial charge in [0.05, 0.1) is 35.3 Å². The summed E-state index contributed by atoms with van der Waals surface area (Å²) in [5.41, 5.74) is -3.06. The first kappa shape index (κ1) is 34.6. The molecule has 1 aromatic heterocycles. The van der Waals surface area contributed by atoms with Crippen molar-refractivity contribution in [3.05, 3.63) is 47.3 Å². The third-order valence-electron chi connectivity index (χ3n) is 8.27. The third-order valence-corrected chi connectivity index (χ3v) is 8.27. The molecule has 2 unspecified atom stereocenters. The Morgan fingerprint density at radius 3 is 1.91 bits per heavy atom. The molecule has 14 heteroatoms. The third kappa shape index (κ3) is 8.50. The Kier molecular flexibility index (Phi) is 10.2. The topological polar surface area (TPSA) is 82.0 Å². The number of hydrogen-bond acceptors (Lipinski definition) is 7. The van der Waals surface area contributed by atoms with Crippen molar-refractivity contribution in [2.45, 2.75) is 115 Å². The lowest BCUT2D eigenvalue weighted by Crippen LogP contribution is -2.57. The molecule has 0 aliphatic carbocycles. The first-order valence-electron chi connectivity index (χ1n) is 15.2. The zero-order valence-corrected chi connectivity index (χ0v) is 26.1. The predicted octanol–water partition coefficient (Wildman–Crippen LogP) is 7.05. The van der Waals surface area contributed by atoms with Gasteiger partial charge in [-0.3, -0.25) is 0 Å². The summed E-state index contributed by atoms with van der Waals surface area (Å²) in [4.78, 5) is 27.6. The molecule has 3 heterocycles. The van der Waals surface area contributed by atoms with E-state index in [0.717, 1.165) is 12.1 Å². The molecule has 3 atom stereocenters. The van der Waals surface area contributed by atoms with Crippen LogP contribution in [0.3, 0.4) is 0 Å². The minimum absolute atomic E-state index is 0.114. The molecule has 2 aromatic rings. The Morgan fingerprint density at radius 1 is 0.956 bits per heavy atom. The number of nitrogens with zero attached hydrogens (tertiary/aromatic N) is 5. The summed E-state index contributed by atoms with van der Waals surface area (Å²) in [5.74, 6) is 0.143. The van der Waals surface area contributed by atoms with Crippen LogP contribution in [0.25, 0.3) is 0 Å². The standard InChI is InChI=1S/C31H41F6N5O3/c1-6-22-13-24(14-23(7-2)42(22)28(44)45-29(3,4)5)41(27-38-15-25(16-39-27)40-9-8-26(43)18-40)17-19-10-20(30(32,33)34)12-21(11-19)31(35,36)37/h10-12,15-16,22-24,26,43H,6-9,13-14,17-18H2,1-5H3/t22?,23?,24?,26-/m0/s1. The molecule has 1 N–H and O–H groups in total. The van der Waals surface area contributed by atoms with E-state index in [9.17, 15) is 36.2 Å². The number of benzene rings is 1. The molecule has 0 bridgehead atoms. The van der Waals surface area contributed by atoms with Gasteiger partial charge < -0.3 is 24.5 Å². The van der Waals surface area contributed by atoms with Gasteiger partial charge in [-0.15, -0.1) is 0 Å². The highest BCUT2D eigenvalue weighted by Gasteiger charge is 2.42. The molecule has 8 nitrogen and oxygen atoms in total. The zero-order valence-electron chi connectivity index (χ0n) is 26.1. The molecule has 2 aliphatic rings. The average Bonchev–Trinajstić information content (AvgIpc) is 3.39. The molecular formula is C31H41F6N5O3. The molecule has 1 aromatic carbocycles. The number of aromatic nitrogens is 2. The highest BCUT2D eigenvalue weighted by molar-refractivity contribution is 5.69. The van der Waals surface area contributed by atoms with Crippen molar-refractivity contribution in [1.29, 1.82) is 0 Å². The number of alkyl halides is 6. The van der Waals surface area contributed by atoms with Gasteiger partial charge in [0.2, 0.25) is 5.95 Å². The quantitative estimate of drug-likeness (QED) is 0.323. The molecule has 0 spiro atoms. The van der Waals surface area contributed by atoms with Gasteiger partial charge in [-0.1, -0.05) is 13.8 Å². The maximum absolute atomic E-state index is 13.7. The van der Waals surface area contributed by atoms with E-state index < -0.39 is 47.3 Å². The van der Waals surface area contributed by atoms with Crippen LogP contribution in [0.15, 0.2) is 30.6 Å². The van der Waals surface area contributed by atoms with Crippen LogP contribution >= 0.6 is 0 Å². The molecular weight excluding hydrogens is 604 g/mol. The number of carbonyl (C=O) groups is 1. The van der Waals surface area contributed by atoms with Crippen molar-refractivity contribution >= 4 is 17.7 Å². The molecule has 0 saturated carbocycles. The van der Waals surface area contributed by atoms with Crippen molar-refractivity contribution in [1.82, 2.24) is 14.9 Å². The van der Waals surface area contributed by atoms with Gasteiger partial charge in [-0.2, -0.15) is 26.3 Å². The Labute approximate surface area is 259 Å². The Bertz CT molecular complexity index is 1270. The van der Waals surface area contributed by atoms with Crippen LogP contribution in [-0.4, -0.2) is 69.0 Å². The number of rotatable bonds is 7. The van der Waals surface area contributed by atoms with Gasteiger partial charge in [0.25, 0.3) is 0 Å². The fourth-order valence-corrected chi connectivity index (χ4v) is 6.12. The number of β-amino-alcohol motifs (C(OH)–C–C–N with tert-alkyl or cyclic N) is 1. The summed E-state index contributed by atoms with van der Waals surface area (Å²) in [5, 5.41) is 9.93. The maximum atomic E-state index is 13.7. The van der Waals surface area contributed by atoms with Gasteiger partial charge in [0.15, 0.2) is 0 Å². The first-order chi connectivity index (χ1) is 20.9. The van der Waals surface area contributed by atoms with Crippen LogP contribution in [-0.2, 0) is 23.6 Å². The van der Waals surface area contributed by atoms with E-state index in [4.69, 9.17) is 4.74 Å². The molecule has 250 valence electrons. The number of amides is 1. The van der Waals surface area contributed by atoms with E-state index >= 15 is 0 Å². The van der Waals surface area contributed by atoms with Crippen molar-refractivity contribution in [3.63, 3.8) is 0 Å². The Hall–Kier alpha value is -3.29. The summed E-state index contributed by atoms with van der Waals surface area (Å²) in [6.45, 7) is 9.83. The Balaban J connectivity index is 1.74. The molecule has 2 fully saturated rings. The van der Waals surface area contributed by atoms with Crippen LogP contribution in [0.5, 0.6) is 0 Å². The summed E-state index contributed by atoms with van der Waals surface area (Å²) in [7, 11) is 0. The largest absolute Gasteiger partial charge is 0.444 e. The molecule has 4 rings (SSSR count). The maximum Gasteiger partial charge on any atom is 0.416 e. The van der Waals surface area contributed by atoms with E-state index in [1.54, 1.807) is 43.0 Å². The molecule has 45 heavy (non-hydrogen) atoms. The molecule has 0 radical (unpaired) electrons. The highest BCUT2D eigenvalue weighted by Crippen LogP contribution is 2.38. The van der Waals surface area contributed by atoms with E-state index in [0.29, 0.717) is 50.9 Å². The van der Waals surface area contributed by atoms with Gasteiger partial charge in [-0.25, -0.2) is 14.8 Å². The number of halogens is 6. The van der Waals surface area contributed by atoms with E-state index in [1.807, 2.05) is 18.7 Å². The van der Waals surface area contributed by atoms with Crippen LogP contribution in [0, 0.1) is 0 Å². The summed E-state index contributed by atoms with van der Waals surface area (Å²) >= 11 is 0. The number of aliphatic hydroxyl groups is 1. The number of ether oxygens (including phenoxy) is 1. The van der Waals surface area contributed by atoms with Crippen LogP contribution in [0.2, 0.25) is 0 Å². The first-order valence-corrected chi connectivity index (χ1v) is 15.2. The lowest BCUT2D eigenvalue weighted by molar-refractivity contribution is -0.143. The fraction of sp³-hybridized carbons (Fsp3) is 0.645. The second-order valence-electron chi connectivity index (χ2n) is 12.8. The number of hydrogen-bond donors (Lipinski definition) is 1. The fourth-order valence-electron chi connectivity index (χ4n) is 6.12. The predicted molar refractivity (Wildman–Crippen MR) is 157 cm³/mol. The van der Waals surface area contributed by atoms with E-state index in [1.165, 1.54) is 0 Å². The summed E-state index contributed by atoms with van der Waals surface area (Å²) in [6, 6.07) is 0.553. The van der Waals surface area contributed by atoms with E-state index in [-0.39, 0.29) is 36.2 Å². The molecule has 2 aliphatic heterocycles. The zero-order chi connectivity index (χ0) is 33.3. The van der Waals surface area contributed by atoms with Crippen molar-refractivity contribution in [2.75, 3.05) is 22.9 Å². The summed E-state index contributed by atoms with van der Waals surface area (Å²) in [6.07, 6.45) is -5.39. The van der Waals surface area contributed by atoms with Crippen molar-refractivity contribution < 1.29 is 41.0 Å². The molecule has 2 saturated heterocycles. The smallest absolute Gasteiger partial charge is 0.416 e. The number of aliphatic hydroxyl groups excluding tert-OH is 1. The lowest BCUT2D eigenvalue weighted by atomic mass is 9.87. The van der Waals surface area contributed by atoms with Gasteiger partial charge in [0, 0.05) is 37.8 Å². The van der Waals surface area contributed by atoms with E-state index in [2.05, 4.69) is 9.97 Å². The number of anilines is 2. The number of piperidine rings is 1. The minimum Gasteiger partial charge on any atom is -0.444 e. The second kappa shape index (κ2) is 13.2. The SMILES string of the molecule is CCC1CC(N(Cc2cc(C(F)(F)F)cc(C(F)(F)F)c2)c2ncc(N3CC[C@H](O)C3)cn2)CC(CC)N1C(=O)OC(C)(C)C. The van der Waals surface area contributed by atoms with Crippen molar-refractivity contribution in [3.8, 4) is 0 Å². The summed E-state index contributed by atoms with van der Waals surface area (Å²) < 4.78 is 88.0. The van der Waals surface area contributed by atoms with Crippen LogP contribution in [0.1, 0.15) is 83.4 Å². The normalized spacial score (nSPS) is 22.9. The van der Waals surface area contributed by atoms with Gasteiger partial charge >= 0.3 is 18.4 Å². The second-order valence-corrected chi connectivity index (χ2v) is 12.8. The Morgan fingerprint density at radius 2 is 1.49 bits per heavy atom. The average molecular weight is 646 g/mol. The molecule has 1 amide bonds. The van der Waals surface area contributed by atoms with Crippen LogP contribution < -0.4 is 9.80 Å². The van der Waals surface area contributed by atoms with Crippen molar-refractivity contribution in [2.24, 2.45) is 0 Å². The minimum atomic E-state index is -4.99. The van der Waals surface area contributed by atoms with Gasteiger partial charge in [0.1, 0.15) is 5.60 Å². The number of carbonyl (C=O) groups excluding carboxylic acids is 1. The monoisotopic (exact) mass is 645 g/mol. The number of likely N-dealkylation sites (tertiary alicyclic amines) is 1. The van der Waals surface area contributed by atoms with Crippen LogP contribution in [0.4, 0.5) is 42.8 Å². The van der Waals surface area contributed by atoms with Gasteiger partial charge in [-0.05, 0) is 76.6 Å².